The maximum Gasteiger partial charge on any atom is 0.242 e. The summed E-state index contributed by atoms with van der Waals surface area (Å²) < 4.78 is 1.59. The topological polar surface area (TPSA) is 96.8 Å². The van der Waals surface area contributed by atoms with Gasteiger partial charge >= 0.3 is 0 Å². The Morgan fingerprint density at radius 3 is 2.46 bits per heavy atom. The average Bonchev–Trinajstić information content (AvgIpc) is 3.27. The molecule has 8 nitrogen and oxygen atoms in total. The molecule has 0 aromatic carbocycles. The van der Waals surface area contributed by atoms with E-state index in [-0.39, 0.29) is 11.7 Å². The van der Waals surface area contributed by atoms with E-state index in [1.54, 1.807) is 10.7 Å². The summed E-state index contributed by atoms with van der Waals surface area (Å²) in [6, 6.07) is 3.77. The summed E-state index contributed by atoms with van der Waals surface area (Å²) in [5.74, 6) is 0.808. The summed E-state index contributed by atoms with van der Waals surface area (Å²) in [6.07, 6.45) is 5.20. The van der Waals surface area contributed by atoms with Crippen LogP contribution in [0.3, 0.4) is 0 Å². The second-order valence-electron chi connectivity index (χ2n) is 7.30. The van der Waals surface area contributed by atoms with Crippen molar-refractivity contribution in [1.82, 2.24) is 19.5 Å². The summed E-state index contributed by atoms with van der Waals surface area (Å²) in [6.45, 7) is 4.19. The highest BCUT2D eigenvalue weighted by Crippen LogP contribution is 2.29. The van der Waals surface area contributed by atoms with E-state index < -0.39 is 5.54 Å². The van der Waals surface area contributed by atoms with Crippen LogP contribution in [0.2, 0.25) is 0 Å². The fourth-order valence-electron chi connectivity index (χ4n) is 3.95. The van der Waals surface area contributed by atoms with E-state index in [2.05, 4.69) is 15.0 Å². The van der Waals surface area contributed by atoms with Crippen LogP contribution in [0.1, 0.15) is 43.1 Å². The lowest BCUT2D eigenvalue weighted by atomic mass is 9.97. The van der Waals surface area contributed by atoms with E-state index in [0.29, 0.717) is 37.5 Å². The molecule has 3 heterocycles. The van der Waals surface area contributed by atoms with Crippen molar-refractivity contribution in [2.75, 3.05) is 31.1 Å². The minimum atomic E-state index is -0.660. The molecule has 1 aliphatic carbocycles. The normalized spacial score (nSPS) is 19.9. The van der Waals surface area contributed by atoms with E-state index in [0.717, 1.165) is 31.5 Å². The number of hydrogen-bond donors (Lipinski definition) is 1. The van der Waals surface area contributed by atoms with Crippen LogP contribution in [0.4, 0.5) is 5.82 Å². The highest BCUT2D eigenvalue weighted by atomic mass is 16.2. The lowest BCUT2D eigenvalue weighted by Crippen LogP contribution is -2.58. The van der Waals surface area contributed by atoms with Gasteiger partial charge in [-0.2, -0.15) is 0 Å². The summed E-state index contributed by atoms with van der Waals surface area (Å²) in [5, 5.41) is 4.57. The minimum absolute atomic E-state index is 0.0672. The Kier molecular flexibility index (Phi) is 4.14. The highest BCUT2D eigenvalue weighted by Gasteiger charge is 2.40. The third-order valence-corrected chi connectivity index (χ3v) is 5.52. The van der Waals surface area contributed by atoms with Crippen molar-refractivity contribution in [2.45, 2.75) is 38.1 Å². The standard InChI is InChI=1S/C18H24N6O2/c1-13(25)14-12-20-15-4-5-16(21-24(14)15)22-8-10-23(11-9-22)17(26)18(19)6-2-3-7-18/h4-5,12H,2-3,6-11,19H2,1H3. The van der Waals surface area contributed by atoms with Crippen molar-refractivity contribution >= 4 is 23.2 Å². The maximum atomic E-state index is 12.7. The number of Topliss-reactive ketones (excluding diaryl/α,β-unsaturated/α-hetero) is 1. The van der Waals surface area contributed by atoms with E-state index >= 15 is 0 Å². The molecule has 1 aliphatic heterocycles. The minimum Gasteiger partial charge on any atom is -0.352 e. The van der Waals surface area contributed by atoms with Crippen molar-refractivity contribution in [2.24, 2.45) is 5.73 Å². The summed E-state index contributed by atoms with van der Waals surface area (Å²) in [5.41, 5.74) is 6.78. The fourth-order valence-corrected chi connectivity index (χ4v) is 3.95. The van der Waals surface area contributed by atoms with Gasteiger partial charge in [-0.1, -0.05) is 12.8 Å². The molecule has 1 amide bonds. The number of amides is 1. The van der Waals surface area contributed by atoms with Crippen molar-refractivity contribution in [3.05, 3.63) is 24.0 Å². The third-order valence-electron chi connectivity index (χ3n) is 5.52. The van der Waals surface area contributed by atoms with Crippen LogP contribution < -0.4 is 10.6 Å². The van der Waals surface area contributed by atoms with Crippen LogP contribution in [-0.4, -0.2) is 62.9 Å². The van der Waals surface area contributed by atoms with E-state index in [4.69, 9.17) is 5.73 Å². The first-order valence-corrected chi connectivity index (χ1v) is 9.17. The van der Waals surface area contributed by atoms with Crippen LogP contribution in [0, 0.1) is 0 Å². The Labute approximate surface area is 152 Å². The number of anilines is 1. The monoisotopic (exact) mass is 356 g/mol. The molecule has 4 rings (SSSR count). The van der Waals surface area contributed by atoms with Gasteiger partial charge in [-0.05, 0) is 25.0 Å². The zero-order chi connectivity index (χ0) is 18.3. The van der Waals surface area contributed by atoms with Crippen molar-refractivity contribution < 1.29 is 9.59 Å². The number of hydrogen-bond acceptors (Lipinski definition) is 6. The van der Waals surface area contributed by atoms with Crippen LogP contribution in [0.5, 0.6) is 0 Å². The number of imidazole rings is 1. The van der Waals surface area contributed by atoms with E-state index in [1.165, 1.54) is 6.92 Å². The number of carbonyl (C=O) groups excluding carboxylic acids is 2. The van der Waals surface area contributed by atoms with Gasteiger partial charge in [0, 0.05) is 33.1 Å². The third kappa shape index (κ3) is 2.84. The van der Waals surface area contributed by atoms with Crippen LogP contribution in [-0.2, 0) is 4.79 Å². The van der Waals surface area contributed by atoms with Crippen molar-refractivity contribution in [3.8, 4) is 0 Å². The predicted molar refractivity (Wildman–Crippen MR) is 97.2 cm³/mol. The fraction of sp³-hybridized carbons (Fsp3) is 0.556. The lowest BCUT2D eigenvalue weighted by Gasteiger charge is -2.38. The number of rotatable bonds is 3. The Morgan fingerprint density at radius 1 is 1.12 bits per heavy atom. The second kappa shape index (κ2) is 6.35. The molecule has 1 saturated heterocycles. The first-order valence-electron chi connectivity index (χ1n) is 9.17. The molecule has 0 radical (unpaired) electrons. The zero-order valence-corrected chi connectivity index (χ0v) is 15.0. The summed E-state index contributed by atoms with van der Waals surface area (Å²) in [4.78, 5) is 32.7. The van der Waals surface area contributed by atoms with Crippen LogP contribution in [0.25, 0.3) is 5.65 Å². The first kappa shape index (κ1) is 17.0. The Hall–Kier alpha value is -2.48. The number of ketones is 1. The van der Waals surface area contributed by atoms with Gasteiger partial charge < -0.3 is 15.5 Å². The molecule has 26 heavy (non-hydrogen) atoms. The maximum absolute atomic E-state index is 12.7. The Morgan fingerprint density at radius 2 is 1.81 bits per heavy atom. The number of piperazine rings is 1. The molecule has 1 saturated carbocycles. The van der Waals surface area contributed by atoms with Gasteiger partial charge in [0.05, 0.1) is 11.7 Å². The molecular weight excluding hydrogens is 332 g/mol. The molecule has 0 bridgehead atoms. The van der Waals surface area contributed by atoms with Crippen molar-refractivity contribution in [1.29, 1.82) is 0 Å². The van der Waals surface area contributed by atoms with Crippen LogP contribution >= 0.6 is 0 Å². The molecule has 2 fully saturated rings. The molecule has 0 atom stereocenters. The summed E-state index contributed by atoms with van der Waals surface area (Å²) in [7, 11) is 0. The molecule has 0 spiro atoms. The number of nitrogens with two attached hydrogens (primary N) is 1. The Bertz CT molecular complexity index is 846. The van der Waals surface area contributed by atoms with Gasteiger partial charge in [0.15, 0.2) is 11.4 Å². The smallest absolute Gasteiger partial charge is 0.242 e. The average molecular weight is 356 g/mol. The van der Waals surface area contributed by atoms with Gasteiger partial charge in [0.2, 0.25) is 5.91 Å². The van der Waals surface area contributed by atoms with Gasteiger partial charge in [-0.25, -0.2) is 9.50 Å². The summed E-state index contributed by atoms with van der Waals surface area (Å²) >= 11 is 0. The SMILES string of the molecule is CC(=O)c1cnc2ccc(N3CCN(C(=O)C4(N)CCCC4)CC3)nn12. The van der Waals surface area contributed by atoms with Gasteiger partial charge in [-0.15, -0.1) is 5.10 Å². The highest BCUT2D eigenvalue weighted by molar-refractivity contribution is 5.92. The molecule has 2 aliphatic rings. The van der Waals surface area contributed by atoms with E-state index in [9.17, 15) is 9.59 Å². The molecule has 138 valence electrons. The van der Waals surface area contributed by atoms with Crippen LogP contribution in [0.15, 0.2) is 18.3 Å². The molecule has 0 unspecified atom stereocenters. The first-order chi connectivity index (χ1) is 12.5. The lowest BCUT2D eigenvalue weighted by molar-refractivity contribution is -0.137. The van der Waals surface area contributed by atoms with Gasteiger partial charge in [-0.3, -0.25) is 9.59 Å². The largest absolute Gasteiger partial charge is 0.352 e. The number of nitrogens with zero attached hydrogens (tertiary/aromatic N) is 5. The molecule has 2 aromatic heterocycles. The predicted octanol–water partition coefficient (Wildman–Crippen LogP) is 0.852. The van der Waals surface area contributed by atoms with Gasteiger partial charge in [0.1, 0.15) is 11.5 Å². The molecule has 2 N–H and O–H groups in total. The number of fused-ring (bicyclic) bond motifs is 1. The molecular formula is C18H24N6O2. The quantitative estimate of drug-likeness (QED) is 0.819. The molecule has 8 heteroatoms. The van der Waals surface area contributed by atoms with E-state index in [1.807, 2.05) is 17.0 Å². The Balaban J connectivity index is 1.48. The number of carbonyl (C=O) groups is 2. The van der Waals surface area contributed by atoms with Crippen molar-refractivity contribution in [3.63, 3.8) is 0 Å². The molecule has 2 aromatic rings. The van der Waals surface area contributed by atoms with Gasteiger partial charge in [0.25, 0.3) is 0 Å². The number of aromatic nitrogens is 3. The second-order valence-corrected chi connectivity index (χ2v) is 7.30. The zero-order valence-electron chi connectivity index (χ0n) is 15.0.